The van der Waals surface area contributed by atoms with Crippen molar-refractivity contribution in [1.29, 1.82) is 0 Å². The molecule has 1 saturated heterocycles. The molecule has 4 aliphatic carbocycles. The van der Waals surface area contributed by atoms with Crippen molar-refractivity contribution in [2.24, 2.45) is 39.4 Å². The normalized spacial score (nSPS) is 43.8. The number of aliphatic hydroxyl groups is 3. The first kappa shape index (κ1) is 34.1. The Morgan fingerprint density at radius 2 is 1.68 bits per heavy atom. The van der Waals surface area contributed by atoms with Gasteiger partial charge in [-0.05, 0) is 112 Å². The van der Waals surface area contributed by atoms with Crippen molar-refractivity contribution in [3.63, 3.8) is 0 Å². The van der Waals surface area contributed by atoms with Crippen molar-refractivity contribution in [2.45, 2.75) is 150 Å². The number of carbonyl (C=O) groups excluding carboxylic acids is 1. The van der Waals surface area contributed by atoms with Crippen LogP contribution in [0.5, 0.6) is 0 Å². The van der Waals surface area contributed by atoms with Crippen LogP contribution in [0.3, 0.4) is 0 Å². The molecule has 1 heterocycles. The van der Waals surface area contributed by atoms with Gasteiger partial charge in [0, 0.05) is 12.3 Å². The summed E-state index contributed by atoms with van der Waals surface area (Å²) in [4.78, 5) is 12.0. The molecule has 4 unspecified atom stereocenters. The summed E-state index contributed by atoms with van der Waals surface area (Å²) in [7, 11) is 0. The standard InChI is InChI=1S/C37H60O7/c1-22(2)10-9-11-24(20-42-33-32(41)31(40)28(39)21-43-33)25-14-18-37(8)27-12-13-29-34(4,5)30(44-23(3)38)16-17-35(29,6)26(27)15-19-36(25,37)7/h10,24-25,28-33,39-41H,9,11-21H2,1-8H3/t24-,25+,28?,29-,30+,31?,32?,33?,35+,36+,37-/m0/s1. The van der Waals surface area contributed by atoms with Crippen LogP contribution in [0.4, 0.5) is 0 Å². The lowest BCUT2D eigenvalue weighted by molar-refractivity contribution is -0.274. The van der Waals surface area contributed by atoms with Crippen LogP contribution in [0, 0.1) is 39.4 Å². The van der Waals surface area contributed by atoms with Crippen LogP contribution in [0.25, 0.3) is 0 Å². The van der Waals surface area contributed by atoms with Gasteiger partial charge in [-0.25, -0.2) is 0 Å². The number of aliphatic hydroxyl groups excluding tert-OH is 3. The number of allylic oxidation sites excluding steroid dienone is 4. The van der Waals surface area contributed by atoms with Crippen LogP contribution in [0.15, 0.2) is 22.8 Å². The molecule has 250 valence electrons. The Morgan fingerprint density at radius 1 is 0.955 bits per heavy atom. The van der Waals surface area contributed by atoms with Gasteiger partial charge >= 0.3 is 5.97 Å². The average Bonchev–Trinajstić information content (AvgIpc) is 3.22. The lowest BCUT2D eigenvalue weighted by atomic mass is 9.43. The fraction of sp³-hybridized carbons (Fsp3) is 0.865. The molecule has 7 heteroatoms. The van der Waals surface area contributed by atoms with Gasteiger partial charge in [0.25, 0.3) is 0 Å². The maximum Gasteiger partial charge on any atom is 0.302 e. The second kappa shape index (κ2) is 12.4. The SMILES string of the molecule is CC(=O)O[C@@H]1CC[C@]2(C)C3=C(CC[C@H]2C1(C)C)[C@]1(C)CC[C@H]([C@@H](CCC=C(C)C)COC2OCC(O)C(O)C2O)[C@@]1(C)CC3. The summed E-state index contributed by atoms with van der Waals surface area (Å²) in [6.07, 6.45) is 8.65. The van der Waals surface area contributed by atoms with Gasteiger partial charge in [-0.1, -0.05) is 57.4 Å². The third kappa shape index (κ3) is 5.65. The Balaban J connectivity index is 1.40. The number of ether oxygens (including phenoxy) is 3. The molecular weight excluding hydrogens is 556 g/mol. The third-order valence-corrected chi connectivity index (χ3v) is 13.7. The highest BCUT2D eigenvalue weighted by molar-refractivity contribution is 5.66. The Bertz CT molecular complexity index is 1140. The summed E-state index contributed by atoms with van der Waals surface area (Å²) in [6, 6.07) is 0. The van der Waals surface area contributed by atoms with Crippen LogP contribution >= 0.6 is 0 Å². The molecule has 3 fully saturated rings. The topological polar surface area (TPSA) is 105 Å². The largest absolute Gasteiger partial charge is 0.462 e. The van der Waals surface area contributed by atoms with Crippen molar-refractivity contribution >= 4 is 5.97 Å². The van der Waals surface area contributed by atoms with Crippen LogP contribution < -0.4 is 0 Å². The summed E-state index contributed by atoms with van der Waals surface area (Å²) in [6.45, 7) is 18.5. The van der Waals surface area contributed by atoms with Gasteiger partial charge in [0.2, 0.25) is 0 Å². The molecule has 0 aromatic rings. The van der Waals surface area contributed by atoms with Crippen molar-refractivity contribution in [3.05, 3.63) is 22.8 Å². The van der Waals surface area contributed by atoms with Gasteiger partial charge in [-0.3, -0.25) is 4.79 Å². The van der Waals surface area contributed by atoms with E-state index in [-0.39, 0.29) is 40.3 Å². The van der Waals surface area contributed by atoms with Crippen LogP contribution in [0.2, 0.25) is 0 Å². The van der Waals surface area contributed by atoms with E-state index >= 15 is 0 Å². The first-order chi connectivity index (χ1) is 20.6. The van der Waals surface area contributed by atoms with E-state index in [1.165, 1.54) is 12.0 Å². The second-order valence-corrected chi connectivity index (χ2v) is 16.5. The molecule has 7 nitrogen and oxygen atoms in total. The van der Waals surface area contributed by atoms with Crippen molar-refractivity contribution in [2.75, 3.05) is 13.2 Å². The van der Waals surface area contributed by atoms with Gasteiger partial charge in [-0.2, -0.15) is 0 Å². The number of esters is 1. The summed E-state index contributed by atoms with van der Waals surface area (Å²) in [5.74, 6) is 1.11. The first-order valence-corrected chi connectivity index (χ1v) is 17.4. The number of hydrogen-bond donors (Lipinski definition) is 3. The van der Waals surface area contributed by atoms with E-state index in [0.717, 1.165) is 57.8 Å². The minimum absolute atomic E-state index is 0.0156. The summed E-state index contributed by atoms with van der Waals surface area (Å²) < 4.78 is 17.8. The molecule has 0 spiro atoms. The van der Waals surface area contributed by atoms with Crippen LogP contribution in [0.1, 0.15) is 120 Å². The maximum absolute atomic E-state index is 12.0. The highest BCUT2D eigenvalue weighted by atomic mass is 16.7. The molecule has 11 atom stereocenters. The molecule has 5 rings (SSSR count). The number of fused-ring (bicyclic) bond motifs is 4. The fourth-order valence-corrected chi connectivity index (χ4v) is 11.0. The predicted molar refractivity (Wildman–Crippen MR) is 170 cm³/mol. The molecule has 1 aliphatic heterocycles. The zero-order valence-electron chi connectivity index (χ0n) is 28.7. The number of rotatable bonds is 8. The van der Waals surface area contributed by atoms with Crippen molar-refractivity contribution in [3.8, 4) is 0 Å². The molecule has 0 amide bonds. The minimum Gasteiger partial charge on any atom is -0.462 e. The van der Waals surface area contributed by atoms with Gasteiger partial charge in [0.1, 0.15) is 24.4 Å². The molecular formula is C37H60O7. The average molecular weight is 617 g/mol. The van der Waals surface area contributed by atoms with E-state index in [9.17, 15) is 20.1 Å². The monoisotopic (exact) mass is 616 g/mol. The van der Waals surface area contributed by atoms with E-state index in [2.05, 4.69) is 54.5 Å². The molecule has 0 aromatic heterocycles. The Hall–Kier alpha value is -1.25. The van der Waals surface area contributed by atoms with Crippen molar-refractivity contribution in [1.82, 2.24) is 0 Å². The third-order valence-electron chi connectivity index (χ3n) is 13.7. The second-order valence-electron chi connectivity index (χ2n) is 16.5. The highest BCUT2D eigenvalue weighted by Gasteiger charge is 2.64. The Morgan fingerprint density at radius 3 is 2.36 bits per heavy atom. The van der Waals surface area contributed by atoms with Gasteiger partial charge in [0.05, 0.1) is 13.2 Å². The zero-order chi connectivity index (χ0) is 32.2. The molecule has 44 heavy (non-hydrogen) atoms. The van der Waals surface area contributed by atoms with Gasteiger partial charge in [0.15, 0.2) is 6.29 Å². The Kier molecular flexibility index (Phi) is 9.61. The summed E-state index contributed by atoms with van der Waals surface area (Å²) in [5.41, 5.74) is 5.11. The van der Waals surface area contributed by atoms with E-state index in [4.69, 9.17) is 14.2 Å². The Labute approximate surface area is 265 Å². The van der Waals surface area contributed by atoms with E-state index in [1.54, 1.807) is 18.1 Å². The number of hydrogen-bond acceptors (Lipinski definition) is 7. The van der Waals surface area contributed by atoms with Gasteiger partial charge in [-0.15, -0.1) is 0 Å². The van der Waals surface area contributed by atoms with Crippen LogP contribution in [-0.4, -0.2) is 65.2 Å². The molecule has 0 radical (unpaired) electrons. The molecule has 2 saturated carbocycles. The predicted octanol–water partition coefficient (Wildman–Crippen LogP) is 6.49. The van der Waals surface area contributed by atoms with Crippen molar-refractivity contribution < 1.29 is 34.3 Å². The van der Waals surface area contributed by atoms with E-state index in [1.807, 2.05) is 0 Å². The zero-order valence-corrected chi connectivity index (χ0v) is 28.7. The minimum atomic E-state index is -1.26. The van der Waals surface area contributed by atoms with E-state index in [0.29, 0.717) is 24.4 Å². The lowest BCUT2D eigenvalue weighted by Gasteiger charge is -2.62. The molecule has 0 bridgehead atoms. The molecule has 3 N–H and O–H groups in total. The van der Waals surface area contributed by atoms with E-state index < -0.39 is 24.6 Å². The highest BCUT2D eigenvalue weighted by Crippen LogP contribution is 2.72. The quantitative estimate of drug-likeness (QED) is 0.212. The summed E-state index contributed by atoms with van der Waals surface area (Å²) in [5, 5.41) is 30.7. The fourth-order valence-electron chi connectivity index (χ4n) is 11.0. The smallest absolute Gasteiger partial charge is 0.302 e. The first-order valence-electron chi connectivity index (χ1n) is 17.4. The maximum atomic E-state index is 12.0. The van der Waals surface area contributed by atoms with Gasteiger partial charge < -0.3 is 29.5 Å². The lowest BCUT2D eigenvalue weighted by Crippen LogP contribution is -2.56. The molecule has 5 aliphatic rings. The molecule has 0 aromatic carbocycles. The van der Waals surface area contributed by atoms with Crippen LogP contribution in [-0.2, 0) is 19.0 Å². The number of carbonyl (C=O) groups is 1. The summed E-state index contributed by atoms with van der Waals surface area (Å²) >= 11 is 0.